The van der Waals surface area contributed by atoms with Gasteiger partial charge in [0.15, 0.2) is 5.66 Å². The first-order valence-electron chi connectivity index (χ1n) is 4.13. The summed E-state index contributed by atoms with van der Waals surface area (Å²) in [6, 6.07) is 0. The van der Waals surface area contributed by atoms with Crippen molar-refractivity contribution < 1.29 is 9.30 Å². The molecule has 66 valence electrons. The van der Waals surface area contributed by atoms with E-state index in [1.54, 1.807) is 0 Å². The van der Waals surface area contributed by atoms with Crippen molar-refractivity contribution in [3.8, 4) is 0 Å². The van der Waals surface area contributed by atoms with E-state index in [-0.39, 0.29) is 6.10 Å². The number of hydrogen-bond acceptors (Lipinski definition) is 2. The van der Waals surface area contributed by atoms with Crippen LogP contribution in [0.1, 0.15) is 34.1 Å². The molecule has 0 amide bonds. The summed E-state index contributed by atoms with van der Waals surface area (Å²) in [5.74, 6) is 0. The predicted molar refractivity (Wildman–Crippen MR) is 48.4 cm³/mol. The maximum Gasteiger partial charge on any atom is 0.369 e. The van der Waals surface area contributed by atoms with Crippen LogP contribution in [-0.2, 0) is 9.30 Å². The minimum atomic E-state index is -1.15. The lowest BCUT2D eigenvalue weighted by molar-refractivity contribution is 0.116. The molecule has 0 rings (SSSR count). The molecule has 11 heavy (non-hydrogen) atoms. The minimum Gasteiger partial charge on any atom is -0.335 e. The van der Waals surface area contributed by atoms with Crippen molar-refractivity contribution in [1.29, 1.82) is 0 Å². The molecule has 0 aliphatic heterocycles. The van der Waals surface area contributed by atoms with Crippen LogP contribution >= 0.6 is 7.80 Å². The molecule has 2 nitrogen and oxygen atoms in total. The summed E-state index contributed by atoms with van der Waals surface area (Å²) >= 11 is 0. The van der Waals surface area contributed by atoms with Crippen LogP contribution in [0.25, 0.3) is 0 Å². The zero-order valence-corrected chi connectivity index (χ0v) is 8.73. The van der Waals surface area contributed by atoms with Gasteiger partial charge < -0.3 is 4.74 Å². The minimum absolute atomic E-state index is 0.193. The van der Waals surface area contributed by atoms with Gasteiger partial charge in [0.05, 0.1) is 6.10 Å². The molecule has 2 unspecified atom stereocenters. The van der Waals surface area contributed by atoms with Crippen LogP contribution < -0.4 is 0 Å². The third-order valence-corrected chi connectivity index (χ3v) is 3.37. The van der Waals surface area contributed by atoms with Gasteiger partial charge in [0, 0.05) is 0 Å². The van der Waals surface area contributed by atoms with Crippen molar-refractivity contribution in [3.63, 3.8) is 0 Å². The smallest absolute Gasteiger partial charge is 0.335 e. The van der Waals surface area contributed by atoms with Crippen molar-refractivity contribution >= 4 is 7.80 Å². The molecular formula is C8H18O2P+. The molecular weight excluding hydrogens is 159 g/mol. The number of ether oxygens (including phenoxy) is 1. The highest BCUT2D eigenvalue weighted by Gasteiger charge is 2.23. The van der Waals surface area contributed by atoms with Gasteiger partial charge in [-0.15, -0.1) is 0 Å². The summed E-state index contributed by atoms with van der Waals surface area (Å²) in [4.78, 5) is 0. The van der Waals surface area contributed by atoms with Gasteiger partial charge in [0.1, 0.15) is 0 Å². The standard InChI is InChI=1S/C8H18O2P/c1-5-8(4)11(9)6-10-7(2)3/h7-8H,5-6H2,1-4H3/q+1. The van der Waals surface area contributed by atoms with Crippen molar-refractivity contribution in [2.45, 2.75) is 45.9 Å². The molecule has 0 fully saturated rings. The lowest BCUT2D eigenvalue weighted by atomic mass is 10.4. The summed E-state index contributed by atoms with van der Waals surface area (Å²) in [5.41, 5.74) is 0.295. The van der Waals surface area contributed by atoms with Gasteiger partial charge in [0.25, 0.3) is 0 Å². The zero-order valence-electron chi connectivity index (χ0n) is 7.83. The van der Waals surface area contributed by atoms with Gasteiger partial charge in [-0.25, -0.2) is 0 Å². The lowest BCUT2D eigenvalue weighted by Crippen LogP contribution is -2.04. The van der Waals surface area contributed by atoms with Crippen molar-refractivity contribution in [2.75, 3.05) is 6.35 Å². The maximum absolute atomic E-state index is 11.3. The molecule has 0 aromatic heterocycles. The van der Waals surface area contributed by atoms with Gasteiger partial charge in [0.2, 0.25) is 6.35 Å². The monoisotopic (exact) mass is 177 g/mol. The van der Waals surface area contributed by atoms with E-state index in [0.29, 0.717) is 12.0 Å². The van der Waals surface area contributed by atoms with Gasteiger partial charge in [-0.2, -0.15) is 0 Å². The molecule has 2 atom stereocenters. The van der Waals surface area contributed by atoms with E-state index in [0.717, 1.165) is 6.42 Å². The Bertz CT molecular complexity index is 123. The summed E-state index contributed by atoms with van der Waals surface area (Å²) in [5, 5.41) is 0. The fourth-order valence-electron chi connectivity index (χ4n) is 0.553. The van der Waals surface area contributed by atoms with E-state index in [4.69, 9.17) is 4.74 Å². The van der Waals surface area contributed by atoms with Gasteiger partial charge in [-0.1, -0.05) is 11.5 Å². The Morgan fingerprint density at radius 3 is 2.27 bits per heavy atom. The highest BCUT2D eigenvalue weighted by atomic mass is 31.1. The predicted octanol–water partition coefficient (Wildman–Crippen LogP) is 2.99. The second kappa shape index (κ2) is 5.68. The van der Waals surface area contributed by atoms with Gasteiger partial charge >= 0.3 is 7.80 Å². The lowest BCUT2D eigenvalue weighted by Gasteiger charge is -2.01. The second-order valence-corrected chi connectivity index (χ2v) is 4.99. The Labute approximate surface area is 70.1 Å². The normalized spacial score (nSPS) is 15.2. The first-order valence-corrected chi connectivity index (χ1v) is 5.64. The largest absolute Gasteiger partial charge is 0.369 e. The van der Waals surface area contributed by atoms with Crippen LogP contribution in [0.4, 0.5) is 0 Å². The van der Waals surface area contributed by atoms with E-state index >= 15 is 0 Å². The number of rotatable bonds is 5. The molecule has 0 N–H and O–H groups in total. The van der Waals surface area contributed by atoms with Crippen LogP contribution in [0, 0.1) is 0 Å². The van der Waals surface area contributed by atoms with Crippen LogP contribution in [0.15, 0.2) is 0 Å². The first kappa shape index (κ1) is 11.1. The van der Waals surface area contributed by atoms with Gasteiger partial charge in [-0.3, -0.25) is 0 Å². The van der Waals surface area contributed by atoms with Crippen molar-refractivity contribution in [2.24, 2.45) is 0 Å². The molecule has 0 heterocycles. The van der Waals surface area contributed by atoms with Crippen molar-refractivity contribution in [1.82, 2.24) is 0 Å². The molecule has 0 saturated heterocycles. The summed E-state index contributed by atoms with van der Waals surface area (Å²) in [7, 11) is -1.15. The molecule has 0 saturated carbocycles. The highest BCUT2D eigenvalue weighted by molar-refractivity contribution is 7.45. The van der Waals surface area contributed by atoms with E-state index in [9.17, 15) is 4.57 Å². The third kappa shape index (κ3) is 5.34. The van der Waals surface area contributed by atoms with Crippen molar-refractivity contribution in [3.05, 3.63) is 0 Å². The van der Waals surface area contributed by atoms with E-state index in [2.05, 4.69) is 0 Å². The van der Waals surface area contributed by atoms with Crippen LogP contribution in [0.2, 0.25) is 0 Å². The molecule has 0 aromatic rings. The SMILES string of the molecule is CCC(C)[P+](=O)COC(C)C. The van der Waals surface area contributed by atoms with Crippen LogP contribution in [0.5, 0.6) is 0 Å². The van der Waals surface area contributed by atoms with E-state index in [1.807, 2.05) is 27.7 Å². The van der Waals surface area contributed by atoms with E-state index < -0.39 is 7.80 Å². The Morgan fingerprint density at radius 2 is 1.91 bits per heavy atom. The Morgan fingerprint density at radius 1 is 1.36 bits per heavy atom. The third-order valence-electron chi connectivity index (χ3n) is 1.62. The zero-order chi connectivity index (χ0) is 8.85. The molecule has 0 aromatic carbocycles. The first-order chi connectivity index (χ1) is 5.07. The van der Waals surface area contributed by atoms with Crippen LogP contribution in [-0.4, -0.2) is 18.1 Å². The topological polar surface area (TPSA) is 26.3 Å². The van der Waals surface area contributed by atoms with Crippen LogP contribution in [0.3, 0.4) is 0 Å². The quantitative estimate of drug-likeness (QED) is 0.603. The second-order valence-electron chi connectivity index (χ2n) is 3.02. The molecule has 0 aliphatic rings. The van der Waals surface area contributed by atoms with E-state index in [1.165, 1.54) is 0 Å². The Balaban J connectivity index is 3.52. The fraction of sp³-hybridized carbons (Fsp3) is 1.00. The fourth-order valence-corrected chi connectivity index (χ4v) is 1.66. The average molecular weight is 177 g/mol. The molecule has 3 heteroatoms. The molecule has 0 bridgehead atoms. The summed E-state index contributed by atoms with van der Waals surface area (Å²) in [6.07, 6.45) is 1.58. The van der Waals surface area contributed by atoms with Gasteiger partial charge in [-0.05, 0) is 27.2 Å². The average Bonchev–Trinajstić information content (AvgIpc) is 1.98. The number of hydrogen-bond donors (Lipinski definition) is 0. The molecule has 0 aliphatic carbocycles. The summed E-state index contributed by atoms with van der Waals surface area (Å²) < 4.78 is 16.5. The summed E-state index contributed by atoms with van der Waals surface area (Å²) in [6.45, 7) is 7.97. The molecule has 0 spiro atoms. The molecule has 0 radical (unpaired) electrons. The highest BCUT2D eigenvalue weighted by Crippen LogP contribution is 2.29. The maximum atomic E-state index is 11.3. The Hall–Kier alpha value is 0.0600. The Kier molecular flexibility index (Phi) is 5.71.